The molecule has 0 spiro atoms. The maximum absolute atomic E-state index is 12.7. The first-order valence-electron chi connectivity index (χ1n) is 9.63. The van der Waals surface area contributed by atoms with E-state index in [1.807, 2.05) is 31.2 Å². The van der Waals surface area contributed by atoms with Gasteiger partial charge in [-0.2, -0.15) is 0 Å². The van der Waals surface area contributed by atoms with Crippen molar-refractivity contribution in [3.63, 3.8) is 0 Å². The average Bonchev–Trinajstić information content (AvgIpc) is 3.12. The van der Waals surface area contributed by atoms with Crippen LogP contribution in [0.2, 0.25) is 0 Å². The van der Waals surface area contributed by atoms with E-state index < -0.39 is 0 Å². The maximum Gasteiger partial charge on any atom is 0.305 e. The number of amides is 1. The number of unbranched alkanes of at least 4 members (excludes halogenated alkanes) is 3. The molecule has 0 aliphatic carbocycles. The summed E-state index contributed by atoms with van der Waals surface area (Å²) in [5.41, 5.74) is 2.07. The summed E-state index contributed by atoms with van der Waals surface area (Å²) in [6, 6.07) is 7.33. The third-order valence-corrected chi connectivity index (χ3v) is 4.60. The van der Waals surface area contributed by atoms with Crippen molar-refractivity contribution in [3.8, 4) is 0 Å². The van der Waals surface area contributed by atoms with Crippen LogP contribution in [0.1, 0.15) is 55.1 Å². The lowest BCUT2D eigenvalue weighted by Crippen LogP contribution is -2.27. The Balaban J connectivity index is 1.87. The minimum absolute atomic E-state index is 0.0628. The number of hydrogen-bond donors (Lipinski definition) is 2. The van der Waals surface area contributed by atoms with Gasteiger partial charge in [0.1, 0.15) is 5.69 Å². The molecule has 0 radical (unpaired) electrons. The topological polar surface area (TPSA) is 95.5 Å². The van der Waals surface area contributed by atoms with Gasteiger partial charge in [0.25, 0.3) is 5.91 Å². The van der Waals surface area contributed by atoms with Crippen LogP contribution in [0.5, 0.6) is 0 Å². The number of H-pyrrole nitrogens is 1. The van der Waals surface area contributed by atoms with E-state index in [0.29, 0.717) is 30.8 Å². The van der Waals surface area contributed by atoms with Crippen molar-refractivity contribution in [1.29, 1.82) is 5.41 Å². The van der Waals surface area contributed by atoms with E-state index in [1.165, 1.54) is 7.11 Å². The summed E-state index contributed by atoms with van der Waals surface area (Å²) in [7, 11) is 3.19. The number of methoxy groups -OCH3 is 1. The van der Waals surface area contributed by atoms with Crippen LogP contribution in [0.15, 0.2) is 24.3 Å². The number of nitrogens with zero attached hydrogens (tertiary/aromatic N) is 1. The van der Waals surface area contributed by atoms with Crippen LogP contribution in [-0.4, -0.2) is 55.0 Å². The third kappa shape index (κ3) is 5.84. The van der Waals surface area contributed by atoms with Crippen LogP contribution >= 0.6 is 0 Å². The minimum Gasteiger partial charge on any atom is -0.478 e. The Morgan fingerprint density at radius 3 is 2.61 bits per heavy atom. The number of aromatic nitrogens is 1. The van der Waals surface area contributed by atoms with Gasteiger partial charge in [-0.1, -0.05) is 12.8 Å². The second-order valence-corrected chi connectivity index (χ2v) is 6.71. The predicted molar refractivity (Wildman–Crippen MR) is 109 cm³/mol. The van der Waals surface area contributed by atoms with Gasteiger partial charge in [-0.15, -0.1) is 0 Å². The SMILES string of the molecule is CCOC(=N)c1ccc2[nH]c(C(=O)N(C)CCCCCCC(=O)OC)cc2c1. The Morgan fingerprint density at radius 2 is 1.89 bits per heavy atom. The lowest BCUT2D eigenvalue weighted by atomic mass is 10.1. The zero-order valence-corrected chi connectivity index (χ0v) is 16.8. The molecule has 1 amide bonds. The van der Waals surface area contributed by atoms with Gasteiger partial charge in [-0.25, -0.2) is 0 Å². The first kappa shape index (κ1) is 21.5. The molecule has 2 aromatic rings. The molecule has 152 valence electrons. The standard InChI is InChI=1S/C21H29N3O4/c1-4-28-20(22)15-10-11-17-16(13-15)14-18(23-17)21(26)24(2)12-8-6-5-7-9-19(25)27-3/h10-11,13-14,22-23H,4-9,12H2,1-3H3. The average molecular weight is 387 g/mol. The molecule has 1 heterocycles. The van der Waals surface area contributed by atoms with Crippen LogP contribution in [0.3, 0.4) is 0 Å². The van der Waals surface area contributed by atoms with Crippen LogP contribution < -0.4 is 0 Å². The van der Waals surface area contributed by atoms with Gasteiger partial charge in [0, 0.05) is 36.5 Å². The number of rotatable bonds is 10. The van der Waals surface area contributed by atoms with E-state index in [4.69, 9.17) is 10.1 Å². The molecular weight excluding hydrogens is 358 g/mol. The van der Waals surface area contributed by atoms with Gasteiger partial charge in [0.05, 0.1) is 13.7 Å². The van der Waals surface area contributed by atoms with E-state index in [2.05, 4.69) is 9.72 Å². The molecule has 2 rings (SSSR count). The van der Waals surface area contributed by atoms with Crippen molar-refractivity contribution in [3.05, 3.63) is 35.5 Å². The van der Waals surface area contributed by atoms with Crippen LogP contribution in [0, 0.1) is 5.41 Å². The highest BCUT2D eigenvalue weighted by atomic mass is 16.5. The lowest BCUT2D eigenvalue weighted by Gasteiger charge is -2.16. The predicted octanol–water partition coefficient (Wildman–Crippen LogP) is 3.73. The zero-order chi connectivity index (χ0) is 20.5. The largest absolute Gasteiger partial charge is 0.478 e. The summed E-state index contributed by atoms with van der Waals surface area (Å²) in [6.07, 6.45) is 4.05. The summed E-state index contributed by atoms with van der Waals surface area (Å²) < 4.78 is 9.85. The highest BCUT2D eigenvalue weighted by Crippen LogP contribution is 2.19. The molecule has 0 fully saturated rings. The second-order valence-electron chi connectivity index (χ2n) is 6.71. The van der Waals surface area contributed by atoms with Crippen molar-refractivity contribution in [2.45, 2.75) is 39.0 Å². The molecule has 0 saturated carbocycles. The molecule has 7 nitrogen and oxygen atoms in total. The minimum atomic E-state index is -0.175. The summed E-state index contributed by atoms with van der Waals surface area (Å²) in [6.45, 7) is 2.95. The summed E-state index contributed by atoms with van der Waals surface area (Å²) >= 11 is 0. The molecule has 28 heavy (non-hydrogen) atoms. The maximum atomic E-state index is 12.7. The molecule has 0 aliphatic heterocycles. The van der Waals surface area contributed by atoms with E-state index in [1.54, 1.807) is 11.9 Å². The van der Waals surface area contributed by atoms with Crippen LogP contribution in [0.4, 0.5) is 0 Å². The van der Waals surface area contributed by atoms with Crippen LogP contribution in [-0.2, 0) is 14.3 Å². The quantitative estimate of drug-likeness (QED) is 0.281. The van der Waals surface area contributed by atoms with Gasteiger partial charge in [0.2, 0.25) is 5.90 Å². The summed E-state index contributed by atoms with van der Waals surface area (Å²) in [5, 5.41) is 8.77. The number of carbonyl (C=O) groups is 2. The van der Waals surface area contributed by atoms with E-state index in [9.17, 15) is 9.59 Å². The first-order valence-corrected chi connectivity index (χ1v) is 9.63. The molecule has 1 aromatic heterocycles. The smallest absolute Gasteiger partial charge is 0.305 e. The van der Waals surface area contributed by atoms with Crippen molar-refractivity contribution < 1.29 is 19.1 Å². The monoisotopic (exact) mass is 387 g/mol. The Hall–Kier alpha value is -2.83. The second kappa shape index (κ2) is 10.5. The third-order valence-electron chi connectivity index (χ3n) is 4.60. The molecule has 0 unspecified atom stereocenters. The number of carbonyl (C=O) groups excluding carboxylic acids is 2. The number of ether oxygens (including phenoxy) is 2. The fourth-order valence-electron chi connectivity index (χ4n) is 3.00. The molecule has 1 aromatic carbocycles. The molecule has 0 aliphatic rings. The lowest BCUT2D eigenvalue weighted by molar-refractivity contribution is -0.140. The molecule has 0 saturated heterocycles. The van der Waals surface area contributed by atoms with Crippen molar-refractivity contribution in [2.75, 3.05) is 27.3 Å². The number of hydrogen-bond acceptors (Lipinski definition) is 5. The van der Waals surface area contributed by atoms with Crippen LogP contribution in [0.25, 0.3) is 10.9 Å². The number of nitrogens with one attached hydrogen (secondary N) is 2. The van der Waals surface area contributed by atoms with E-state index in [-0.39, 0.29) is 17.8 Å². The van der Waals surface area contributed by atoms with E-state index in [0.717, 1.165) is 36.6 Å². The Kier molecular flexibility index (Phi) is 8.04. The molecule has 0 bridgehead atoms. The van der Waals surface area contributed by atoms with Gasteiger partial charge < -0.3 is 19.4 Å². The Morgan fingerprint density at radius 1 is 1.14 bits per heavy atom. The highest BCUT2D eigenvalue weighted by Gasteiger charge is 2.15. The van der Waals surface area contributed by atoms with Gasteiger partial charge in [-0.05, 0) is 44.0 Å². The molecular formula is C21H29N3O4. The van der Waals surface area contributed by atoms with Gasteiger partial charge >= 0.3 is 5.97 Å². The summed E-state index contributed by atoms with van der Waals surface area (Å²) in [4.78, 5) is 28.6. The first-order chi connectivity index (χ1) is 13.5. The highest BCUT2D eigenvalue weighted by molar-refractivity contribution is 6.00. The number of aromatic amines is 1. The van der Waals surface area contributed by atoms with E-state index >= 15 is 0 Å². The number of benzene rings is 1. The fourth-order valence-corrected chi connectivity index (χ4v) is 3.00. The zero-order valence-electron chi connectivity index (χ0n) is 16.8. The Bertz CT molecular complexity index is 828. The van der Waals surface area contributed by atoms with Gasteiger partial charge in [-0.3, -0.25) is 15.0 Å². The number of esters is 1. The number of fused-ring (bicyclic) bond motifs is 1. The van der Waals surface area contributed by atoms with Crippen molar-refractivity contribution in [2.24, 2.45) is 0 Å². The fraction of sp³-hybridized carbons (Fsp3) is 0.476. The molecule has 7 heteroatoms. The van der Waals surface area contributed by atoms with Gasteiger partial charge in [0.15, 0.2) is 0 Å². The molecule has 0 atom stereocenters. The Labute approximate surface area is 165 Å². The normalized spacial score (nSPS) is 10.7. The summed E-state index contributed by atoms with van der Waals surface area (Å²) in [5.74, 6) is -0.111. The van der Waals surface area contributed by atoms with Crippen molar-refractivity contribution in [1.82, 2.24) is 9.88 Å². The molecule has 2 N–H and O–H groups in total. The van der Waals surface area contributed by atoms with Crippen molar-refractivity contribution >= 4 is 28.7 Å².